The van der Waals surface area contributed by atoms with Crippen LogP contribution < -0.4 is 16.4 Å². The number of halogens is 1. The van der Waals surface area contributed by atoms with E-state index in [0.29, 0.717) is 0 Å². The van der Waals surface area contributed by atoms with E-state index >= 15 is 0 Å². The van der Waals surface area contributed by atoms with Crippen molar-refractivity contribution in [2.45, 2.75) is 38.8 Å². The van der Waals surface area contributed by atoms with Gasteiger partial charge in [-0.1, -0.05) is 49.4 Å². The first-order chi connectivity index (χ1) is 13.0. The number of hydrogen-bond acceptors (Lipinski definition) is 3. The van der Waals surface area contributed by atoms with Crippen LogP contribution >= 0.6 is 12.4 Å². The third-order valence-corrected chi connectivity index (χ3v) is 5.12. The first kappa shape index (κ1) is 21.9. The van der Waals surface area contributed by atoms with E-state index < -0.39 is 0 Å². The maximum absolute atomic E-state index is 12.6. The number of carbonyl (C=O) groups excluding carboxylic acids is 2. The molecule has 0 saturated heterocycles. The Morgan fingerprint density at radius 2 is 1.57 bits per heavy atom. The first-order valence-electron chi connectivity index (χ1n) is 9.47. The van der Waals surface area contributed by atoms with Crippen LogP contribution in [-0.2, 0) is 9.59 Å². The quantitative estimate of drug-likeness (QED) is 0.656. The highest BCUT2D eigenvalue weighted by atomic mass is 35.5. The summed E-state index contributed by atoms with van der Waals surface area (Å²) in [5, 5.41) is 5.95. The second kappa shape index (κ2) is 9.71. The van der Waals surface area contributed by atoms with Crippen LogP contribution in [0, 0.1) is 11.8 Å². The molecule has 150 valence electrons. The Morgan fingerprint density at radius 3 is 2.14 bits per heavy atom. The van der Waals surface area contributed by atoms with Gasteiger partial charge in [-0.3, -0.25) is 9.59 Å². The van der Waals surface area contributed by atoms with Crippen molar-refractivity contribution >= 4 is 29.9 Å². The van der Waals surface area contributed by atoms with E-state index in [1.165, 1.54) is 0 Å². The number of benzene rings is 2. The SMILES string of the molecule is CC(NC(=O)C(C)C(N)c1ccccc1)c1ccc(NC(=O)C2CC2)cc1.Cl. The summed E-state index contributed by atoms with van der Waals surface area (Å²) in [5.74, 6) is -0.150. The van der Waals surface area contributed by atoms with Crippen molar-refractivity contribution in [1.82, 2.24) is 5.32 Å². The molecule has 3 unspecified atom stereocenters. The Morgan fingerprint density at radius 1 is 0.964 bits per heavy atom. The summed E-state index contributed by atoms with van der Waals surface area (Å²) in [6, 6.07) is 16.8. The summed E-state index contributed by atoms with van der Waals surface area (Å²) in [7, 11) is 0. The molecule has 1 aliphatic rings. The van der Waals surface area contributed by atoms with E-state index in [-0.39, 0.29) is 48.1 Å². The lowest BCUT2D eigenvalue weighted by molar-refractivity contribution is -0.125. The first-order valence-corrected chi connectivity index (χ1v) is 9.47. The molecule has 0 bridgehead atoms. The lowest BCUT2D eigenvalue weighted by atomic mass is 9.94. The van der Waals surface area contributed by atoms with Crippen LogP contribution in [0.5, 0.6) is 0 Å². The van der Waals surface area contributed by atoms with Crippen molar-refractivity contribution in [2.75, 3.05) is 5.32 Å². The van der Waals surface area contributed by atoms with Crippen LogP contribution in [0.25, 0.3) is 0 Å². The molecule has 0 heterocycles. The second-order valence-electron chi connectivity index (χ2n) is 7.34. The van der Waals surface area contributed by atoms with Crippen LogP contribution in [0.2, 0.25) is 0 Å². The highest BCUT2D eigenvalue weighted by molar-refractivity contribution is 5.94. The Labute approximate surface area is 172 Å². The van der Waals surface area contributed by atoms with Crippen molar-refractivity contribution in [1.29, 1.82) is 0 Å². The molecule has 3 atom stereocenters. The summed E-state index contributed by atoms with van der Waals surface area (Å²) in [6.45, 7) is 3.78. The number of rotatable bonds is 7. The maximum Gasteiger partial charge on any atom is 0.227 e. The van der Waals surface area contributed by atoms with Crippen molar-refractivity contribution in [3.63, 3.8) is 0 Å². The number of carbonyl (C=O) groups is 2. The van der Waals surface area contributed by atoms with Crippen LogP contribution in [-0.4, -0.2) is 11.8 Å². The van der Waals surface area contributed by atoms with Crippen LogP contribution in [0.4, 0.5) is 5.69 Å². The normalized spacial score (nSPS) is 16.2. The summed E-state index contributed by atoms with van der Waals surface area (Å²) >= 11 is 0. The van der Waals surface area contributed by atoms with E-state index in [1.54, 1.807) is 0 Å². The Bertz CT molecular complexity index is 791. The van der Waals surface area contributed by atoms with Gasteiger partial charge in [0.1, 0.15) is 0 Å². The lowest BCUT2D eigenvalue weighted by Crippen LogP contribution is -2.36. The Hall–Kier alpha value is -2.37. The molecule has 2 aromatic carbocycles. The van der Waals surface area contributed by atoms with Gasteiger partial charge in [0.15, 0.2) is 0 Å². The fourth-order valence-corrected chi connectivity index (χ4v) is 3.00. The van der Waals surface area contributed by atoms with E-state index in [0.717, 1.165) is 29.7 Å². The van der Waals surface area contributed by atoms with Gasteiger partial charge in [-0.15, -0.1) is 12.4 Å². The van der Waals surface area contributed by atoms with E-state index in [1.807, 2.05) is 68.4 Å². The van der Waals surface area contributed by atoms with Gasteiger partial charge in [-0.2, -0.15) is 0 Å². The zero-order valence-corrected chi connectivity index (χ0v) is 17.0. The molecule has 1 saturated carbocycles. The zero-order valence-electron chi connectivity index (χ0n) is 16.2. The number of nitrogens with two attached hydrogens (primary N) is 1. The Kier molecular flexibility index (Phi) is 7.61. The van der Waals surface area contributed by atoms with Gasteiger partial charge in [0.25, 0.3) is 0 Å². The summed E-state index contributed by atoms with van der Waals surface area (Å²) in [6.07, 6.45) is 1.96. The van der Waals surface area contributed by atoms with Crippen molar-refractivity contribution in [2.24, 2.45) is 17.6 Å². The summed E-state index contributed by atoms with van der Waals surface area (Å²) < 4.78 is 0. The zero-order chi connectivity index (χ0) is 19.4. The van der Waals surface area contributed by atoms with Gasteiger partial charge < -0.3 is 16.4 Å². The molecule has 0 aromatic heterocycles. The molecule has 2 amide bonds. The molecular formula is C22H28ClN3O2. The molecular weight excluding hydrogens is 374 g/mol. The smallest absolute Gasteiger partial charge is 0.227 e. The number of amides is 2. The minimum Gasteiger partial charge on any atom is -0.349 e. The van der Waals surface area contributed by atoms with Gasteiger partial charge in [-0.25, -0.2) is 0 Å². The maximum atomic E-state index is 12.6. The van der Waals surface area contributed by atoms with Gasteiger partial charge in [0, 0.05) is 17.6 Å². The average molecular weight is 402 g/mol. The molecule has 3 rings (SSSR count). The minimum absolute atomic E-state index is 0. The highest BCUT2D eigenvalue weighted by Crippen LogP contribution is 2.30. The predicted molar refractivity (Wildman–Crippen MR) is 114 cm³/mol. The molecule has 28 heavy (non-hydrogen) atoms. The van der Waals surface area contributed by atoms with Crippen LogP contribution in [0.1, 0.15) is 49.9 Å². The van der Waals surface area contributed by atoms with Gasteiger partial charge in [0.2, 0.25) is 11.8 Å². The van der Waals surface area contributed by atoms with Crippen LogP contribution in [0.15, 0.2) is 54.6 Å². The summed E-state index contributed by atoms with van der Waals surface area (Å²) in [4.78, 5) is 24.4. The third-order valence-electron chi connectivity index (χ3n) is 5.12. The van der Waals surface area contributed by atoms with Gasteiger partial charge >= 0.3 is 0 Å². The van der Waals surface area contributed by atoms with Crippen LogP contribution in [0.3, 0.4) is 0 Å². The summed E-state index contributed by atoms with van der Waals surface area (Å²) in [5.41, 5.74) is 8.96. The molecule has 2 aromatic rings. The molecule has 1 aliphatic carbocycles. The standard InChI is InChI=1S/C22H27N3O2.ClH/c1-14(20(23)17-6-4-3-5-7-17)21(26)24-15(2)16-10-12-19(13-11-16)25-22(27)18-8-9-18;/h3-7,10-15,18,20H,8-9,23H2,1-2H3,(H,24,26)(H,25,27);1H. The number of hydrogen-bond donors (Lipinski definition) is 3. The van der Waals surface area contributed by atoms with E-state index in [9.17, 15) is 9.59 Å². The molecule has 4 N–H and O–H groups in total. The topological polar surface area (TPSA) is 84.2 Å². The molecule has 5 nitrogen and oxygen atoms in total. The average Bonchev–Trinajstić information content (AvgIpc) is 3.53. The molecule has 0 spiro atoms. The van der Waals surface area contributed by atoms with E-state index in [2.05, 4.69) is 10.6 Å². The van der Waals surface area contributed by atoms with Crippen molar-refractivity contribution in [3.05, 3.63) is 65.7 Å². The molecule has 1 fully saturated rings. The van der Waals surface area contributed by atoms with Crippen molar-refractivity contribution in [3.8, 4) is 0 Å². The van der Waals surface area contributed by atoms with Crippen molar-refractivity contribution < 1.29 is 9.59 Å². The largest absolute Gasteiger partial charge is 0.349 e. The second-order valence-corrected chi connectivity index (χ2v) is 7.34. The molecule has 0 radical (unpaired) electrons. The predicted octanol–water partition coefficient (Wildman–Crippen LogP) is 3.97. The number of nitrogens with one attached hydrogen (secondary N) is 2. The van der Waals surface area contributed by atoms with E-state index in [4.69, 9.17) is 5.73 Å². The monoisotopic (exact) mass is 401 g/mol. The lowest BCUT2D eigenvalue weighted by Gasteiger charge is -2.22. The van der Waals surface area contributed by atoms with Gasteiger partial charge in [0.05, 0.1) is 12.0 Å². The minimum atomic E-state index is -0.349. The molecule has 6 heteroatoms. The highest BCUT2D eigenvalue weighted by Gasteiger charge is 2.29. The third kappa shape index (κ3) is 5.57. The fraction of sp³-hybridized carbons (Fsp3) is 0.364. The molecule has 0 aliphatic heterocycles. The number of anilines is 1. The van der Waals surface area contributed by atoms with Gasteiger partial charge in [-0.05, 0) is 43.0 Å². The fourth-order valence-electron chi connectivity index (χ4n) is 3.00. The Balaban J connectivity index is 0.00000280.